The summed E-state index contributed by atoms with van der Waals surface area (Å²) in [7, 11) is 0. The molecule has 1 aliphatic carbocycles. The number of nitrogens with two attached hydrogens (primary N) is 1. The average molecular weight is 307 g/mol. The molecule has 120 valence electrons. The molecule has 3 unspecified atom stereocenters. The third-order valence-electron chi connectivity index (χ3n) is 3.99. The molecule has 0 aromatic rings. The SMILES string of the molecule is CC(C)CC(CCO)CNC(=O)C1CCCC(N)C1.Cl. The first-order valence-corrected chi connectivity index (χ1v) is 7.67. The van der Waals surface area contributed by atoms with Crippen molar-refractivity contribution in [3.05, 3.63) is 0 Å². The summed E-state index contributed by atoms with van der Waals surface area (Å²) >= 11 is 0. The lowest BCUT2D eigenvalue weighted by atomic mass is 9.85. The molecule has 20 heavy (non-hydrogen) atoms. The predicted octanol–water partition coefficient (Wildman–Crippen LogP) is 2.09. The zero-order valence-electron chi connectivity index (χ0n) is 12.8. The van der Waals surface area contributed by atoms with Gasteiger partial charge in [-0.05, 0) is 43.9 Å². The van der Waals surface area contributed by atoms with Gasteiger partial charge in [-0.2, -0.15) is 0 Å². The quantitative estimate of drug-likeness (QED) is 0.674. The highest BCUT2D eigenvalue weighted by Gasteiger charge is 2.25. The van der Waals surface area contributed by atoms with Crippen LogP contribution in [0.15, 0.2) is 0 Å². The molecule has 0 saturated heterocycles. The predicted molar refractivity (Wildman–Crippen MR) is 84.8 cm³/mol. The summed E-state index contributed by atoms with van der Waals surface area (Å²) in [5.74, 6) is 1.22. The number of amides is 1. The molecular formula is C15H31ClN2O2. The zero-order chi connectivity index (χ0) is 14.3. The largest absolute Gasteiger partial charge is 0.396 e. The number of halogens is 1. The molecule has 0 aromatic carbocycles. The first kappa shape index (κ1) is 19.7. The van der Waals surface area contributed by atoms with Crippen molar-refractivity contribution < 1.29 is 9.90 Å². The minimum Gasteiger partial charge on any atom is -0.396 e. The van der Waals surface area contributed by atoms with Gasteiger partial charge in [-0.1, -0.05) is 20.3 Å². The molecule has 1 amide bonds. The van der Waals surface area contributed by atoms with E-state index in [0.29, 0.717) is 18.4 Å². The Labute approximate surface area is 129 Å². The van der Waals surface area contributed by atoms with Crippen LogP contribution in [0.1, 0.15) is 52.4 Å². The lowest BCUT2D eigenvalue weighted by molar-refractivity contribution is -0.126. The van der Waals surface area contributed by atoms with Crippen molar-refractivity contribution in [1.29, 1.82) is 0 Å². The highest BCUT2D eigenvalue weighted by atomic mass is 35.5. The molecule has 0 radical (unpaired) electrons. The Morgan fingerprint density at radius 3 is 2.65 bits per heavy atom. The van der Waals surface area contributed by atoms with Gasteiger partial charge in [-0.25, -0.2) is 0 Å². The van der Waals surface area contributed by atoms with Crippen molar-refractivity contribution in [3.8, 4) is 0 Å². The summed E-state index contributed by atoms with van der Waals surface area (Å²) in [6.07, 6.45) is 5.71. The third kappa shape index (κ3) is 7.46. The molecule has 0 aliphatic heterocycles. The van der Waals surface area contributed by atoms with Gasteiger partial charge < -0.3 is 16.2 Å². The van der Waals surface area contributed by atoms with Crippen molar-refractivity contribution in [2.24, 2.45) is 23.5 Å². The number of hydrogen-bond acceptors (Lipinski definition) is 3. The molecule has 3 atom stereocenters. The van der Waals surface area contributed by atoms with E-state index in [-0.39, 0.29) is 36.9 Å². The minimum atomic E-state index is 0. The van der Waals surface area contributed by atoms with Crippen molar-refractivity contribution >= 4 is 18.3 Å². The average Bonchev–Trinajstić information content (AvgIpc) is 2.35. The van der Waals surface area contributed by atoms with Crippen molar-refractivity contribution in [2.75, 3.05) is 13.2 Å². The van der Waals surface area contributed by atoms with Gasteiger partial charge in [-0.15, -0.1) is 12.4 Å². The summed E-state index contributed by atoms with van der Waals surface area (Å²) < 4.78 is 0. The molecule has 4 N–H and O–H groups in total. The maximum atomic E-state index is 12.1. The van der Waals surface area contributed by atoms with Crippen LogP contribution in [-0.2, 0) is 4.79 Å². The number of aliphatic hydroxyl groups excluding tert-OH is 1. The van der Waals surface area contributed by atoms with E-state index in [9.17, 15) is 4.79 Å². The topological polar surface area (TPSA) is 75.3 Å². The summed E-state index contributed by atoms with van der Waals surface area (Å²) in [6.45, 7) is 5.23. The number of aliphatic hydroxyl groups is 1. The second-order valence-electron chi connectivity index (χ2n) is 6.38. The molecule has 1 saturated carbocycles. The summed E-state index contributed by atoms with van der Waals surface area (Å²) in [5, 5.41) is 12.1. The van der Waals surface area contributed by atoms with Gasteiger partial charge in [0.15, 0.2) is 0 Å². The smallest absolute Gasteiger partial charge is 0.223 e. The van der Waals surface area contributed by atoms with Gasteiger partial charge in [0.1, 0.15) is 0 Å². The van der Waals surface area contributed by atoms with Crippen LogP contribution in [-0.4, -0.2) is 30.2 Å². The normalized spacial score (nSPS) is 24.1. The van der Waals surface area contributed by atoms with Gasteiger partial charge in [0.05, 0.1) is 0 Å². The van der Waals surface area contributed by atoms with Gasteiger partial charge >= 0.3 is 0 Å². The number of rotatable bonds is 7. The molecular weight excluding hydrogens is 276 g/mol. The van der Waals surface area contributed by atoms with E-state index in [0.717, 1.165) is 38.5 Å². The molecule has 0 spiro atoms. The highest BCUT2D eigenvalue weighted by molar-refractivity contribution is 5.85. The van der Waals surface area contributed by atoms with Gasteiger partial charge in [-0.3, -0.25) is 4.79 Å². The number of nitrogens with one attached hydrogen (secondary N) is 1. The fourth-order valence-corrected chi connectivity index (χ4v) is 3.01. The zero-order valence-corrected chi connectivity index (χ0v) is 13.6. The molecule has 0 heterocycles. The van der Waals surface area contributed by atoms with Crippen LogP contribution in [0.25, 0.3) is 0 Å². The molecule has 1 rings (SSSR count). The molecule has 4 nitrogen and oxygen atoms in total. The number of hydrogen-bond donors (Lipinski definition) is 3. The van der Waals surface area contributed by atoms with Crippen LogP contribution in [0.4, 0.5) is 0 Å². The molecule has 0 bridgehead atoms. The van der Waals surface area contributed by atoms with Crippen molar-refractivity contribution in [2.45, 2.75) is 58.4 Å². The Balaban J connectivity index is 0.00000361. The van der Waals surface area contributed by atoms with Crippen LogP contribution < -0.4 is 11.1 Å². The van der Waals surface area contributed by atoms with Crippen LogP contribution >= 0.6 is 12.4 Å². The van der Waals surface area contributed by atoms with Crippen LogP contribution in [0.3, 0.4) is 0 Å². The second-order valence-corrected chi connectivity index (χ2v) is 6.38. The standard InChI is InChI=1S/C15H30N2O2.ClH/c1-11(2)8-12(6-7-18)10-17-15(19)13-4-3-5-14(16)9-13;/h11-14,18H,3-10,16H2,1-2H3,(H,17,19);1H. The summed E-state index contributed by atoms with van der Waals surface area (Å²) in [6, 6.07) is 0.188. The molecule has 0 aromatic heterocycles. The van der Waals surface area contributed by atoms with Crippen molar-refractivity contribution in [1.82, 2.24) is 5.32 Å². The Kier molecular flexibility index (Phi) is 10.2. The maximum Gasteiger partial charge on any atom is 0.223 e. The van der Waals surface area contributed by atoms with E-state index in [4.69, 9.17) is 10.8 Å². The Morgan fingerprint density at radius 2 is 2.10 bits per heavy atom. The summed E-state index contributed by atoms with van der Waals surface area (Å²) in [4.78, 5) is 12.1. The van der Waals surface area contributed by atoms with E-state index < -0.39 is 0 Å². The summed E-state index contributed by atoms with van der Waals surface area (Å²) in [5.41, 5.74) is 5.92. The molecule has 5 heteroatoms. The van der Waals surface area contributed by atoms with E-state index in [1.165, 1.54) is 0 Å². The second kappa shape index (κ2) is 10.4. The van der Waals surface area contributed by atoms with Gasteiger partial charge in [0.2, 0.25) is 5.91 Å². The lowest BCUT2D eigenvalue weighted by Gasteiger charge is -2.27. The molecule has 1 fully saturated rings. The highest BCUT2D eigenvalue weighted by Crippen LogP contribution is 2.23. The van der Waals surface area contributed by atoms with Gasteiger partial charge in [0, 0.05) is 25.1 Å². The van der Waals surface area contributed by atoms with Crippen molar-refractivity contribution in [3.63, 3.8) is 0 Å². The van der Waals surface area contributed by atoms with E-state index in [1.807, 2.05) is 0 Å². The fraction of sp³-hybridized carbons (Fsp3) is 0.933. The van der Waals surface area contributed by atoms with Gasteiger partial charge in [0.25, 0.3) is 0 Å². The molecule has 1 aliphatic rings. The van der Waals surface area contributed by atoms with E-state index in [2.05, 4.69) is 19.2 Å². The number of carbonyl (C=O) groups is 1. The first-order valence-electron chi connectivity index (χ1n) is 7.67. The lowest BCUT2D eigenvalue weighted by Crippen LogP contribution is -2.39. The number of carbonyl (C=O) groups excluding carboxylic acids is 1. The Bertz CT molecular complexity index is 275. The Hall–Kier alpha value is -0.320. The van der Waals surface area contributed by atoms with Crippen LogP contribution in [0.2, 0.25) is 0 Å². The van der Waals surface area contributed by atoms with Crippen LogP contribution in [0, 0.1) is 17.8 Å². The van der Waals surface area contributed by atoms with E-state index >= 15 is 0 Å². The maximum absolute atomic E-state index is 12.1. The van der Waals surface area contributed by atoms with E-state index in [1.54, 1.807) is 0 Å². The third-order valence-corrected chi connectivity index (χ3v) is 3.99. The monoisotopic (exact) mass is 306 g/mol. The minimum absolute atomic E-state index is 0. The Morgan fingerprint density at radius 1 is 1.40 bits per heavy atom. The van der Waals surface area contributed by atoms with Crippen LogP contribution in [0.5, 0.6) is 0 Å². The first-order chi connectivity index (χ1) is 9.02. The fourth-order valence-electron chi connectivity index (χ4n) is 3.01.